The van der Waals surface area contributed by atoms with E-state index < -0.39 is 0 Å². The van der Waals surface area contributed by atoms with Gasteiger partial charge in [0.05, 0.1) is 17.3 Å². The lowest BCUT2D eigenvalue weighted by Crippen LogP contribution is -2.37. The summed E-state index contributed by atoms with van der Waals surface area (Å²) in [5.74, 6) is -0.0375. The van der Waals surface area contributed by atoms with Crippen LogP contribution in [0.3, 0.4) is 0 Å². The Labute approximate surface area is 157 Å². The third-order valence-electron chi connectivity index (χ3n) is 3.50. The molecule has 1 aromatic rings. The van der Waals surface area contributed by atoms with Crippen LogP contribution in [0.1, 0.15) is 19.4 Å². The van der Waals surface area contributed by atoms with Crippen LogP contribution in [0.25, 0.3) is 0 Å². The highest BCUT2D eigenvalue weighted by Gasteiger charge is 2.10. The normalized spacial score (nSPS) is 10.2. The Bertz CT molecular complexity index is 468. The second-order valence-electron chi connectivity index (χ2n) is 5.30. The Balaban J connectivity index is 0. The molecular formula is C16H28Cl3N3O. The zero-order chi connectivity index (χ0) is 15.8. The van der Waals surface area contributed by atoms with E-state index in [1.807, 2.05) is 31.0 Å². The lowest BCUT2D eigenvalue weighted by atomic mass is 10.2. The summed E-state index contributed by atoms with van der Waals surface area (Å²) < 4.78 is 0. The van der Waals surface area contributed by atoms with Gasteiger partial charge >= 0.3 is 0 Å². The molecule has 1 rings (SSSR count). The summed E-state index contributed by atoms with van der Waals surface area (Å²) in [6.45, 7) is 10.6. The van der Waals surface area contributed by atoms with Crippen LogP contribution >= 0.6 is 36.4 Å². The van der Waals surface area contributed by atoms with E-state index in [-0.39, 0.29) is 30.7 Å². The predicted molar refractivity (Wildman–Crippen MR) is 105 cm³/mol. The van der Waals surface area contributed by atoms with Crippen molar-refractivity contribution in [1.29, 1.82) is 0 Å². The Hall–Kier alpha value is -0.520. The zero-order valence-corrected chi connectivity index (χ0v) is 16.7. The first-order chi connectivity index (χ1) is 9.96. The number of nitrogens with one attached hydrogen (secondary N) is 1. The number of halogens is 3. The maximum Gasteiger partial charge on any atom is 0.238 e. The number of anilines is 1. The van der Waals surface area contributed by atoms with Gasteiger partial charge in [0.15, 0.2) is 0 Å². The van der Waals surface area contributed by atoms with Crippen molar-refractivity contribution >= 4 is 48.0 Å². The highest BCUT2D eigenvalue weighted by atomic mass is 35.5. The number of benzene rings is 1. The number of rotatable bonds is 8. The van der Waals surface area contributed by atoms with Crippen molar-refractivity contribution in [3.8, 4) is 0 Å². The van der Waals surface area contributed by atoms with Crippen LogP contribution < -0.4 is 5.32 Å². The fourth-order valence-corrected chi connectivity index (χ4v) is 2.27. The summed E-state index contributed by atoms with van der Waals surface area (Å²) in [7, 11) is 1.96. The highest BCUT2D eigenvalue weighted by Crippen LogP contribution is 2.22. The molecule has 4 nitrogen and oxygen atoms in total. The number of hydrogen-bond acceptors (Lipinski definition) is 3. The molecule has 0 aliphatic heterocycles. The van der Waals surface area contributed by atoms with Gasteiger partial charge in [-0.3, -0.25) is 9.69 Å². The van der Waals surface area contributed by atoms with Crippen LogP contribution in [0.4, 0.5) is 5.69 Å². The second kappa shape index (κ2) is 12.8. The Morgan fingerprint density at radius 3 is 2.35 bits per heavy atom. The van der Waals surface area contributed by atoms with Crippen LogP contribution in [0, 0.1) is 6.92 Å². The van der Waals surface area contributed by atoms with Gasteiger partial charge in [0, 0.05) is 13.1 Å². The molecule has 0 bridgehead atoms. The molecule has 0 saturated heterocycles. The molecule has 0 atom stereocenters. The Morgan fingerprint density at radius 2 is 1.78 bits per heavy atom. The number of carbonyl (C=O) groups is 1. The van der Waals surface area contributed by atoms with Crippen molar-refractivity contribution < 1.29 is 4.79 Å². The smallest absolute Gasteiger partial charge is 0.238 e. The van der Waals surface area contributed by atoms with E-state index in [2.05, 4.69) is 24.1 Å². The van der Waals surface area contributed by atoms with Crippen molar-refractivity contribution in [2.75, 3.05) is 45.1 Å². The van der Waals surface area contributed by atoms with E-state index in [0.717, 1.165) is 31.7 Å². The van der Waals surface area contributed by atoms with Crippen molar-refractivity contribution in [2.45, 2.75) is 20.8 Å². The topological polar surface area (TPSA) is 35.6 Å². The van der Waals surface area contributed by atoms with Gasteiger partial charge in [-0.05, 0) is 44.8 Å². The molecule has 0 spiro atoms. The van der Waals surface area contributed by atoms with Gasteiger partial charge in [-0.25, -0.2) is 0 Å². The zero-order valence-electron chi connectivity index (χ0n) is 14.3. The minimum absolute atomic E-state index is 0. The molecule has 0 radical (unpaired) electrons. The fourth-order valence-electron chi connectivity index (χ4n) is 2.10. The summed E-state index contributed by atoms with van der Waals surface area (Å²) in [5, 5.41) is 3.44. The standard InChI is InChI=1S/C16H26ClN3O.2ClH/c1-5-20(6-2)10-9-19(4)12-16(21)18-15-11-13(3)7-8-14(15)17;;/h7-8,11H,5-6,9-10,12H2,1-4H3,(H,18,21);2*1H. The molecule has 0 aliphatic carbocycles. The summed E-state index contributed by atoms with van der Waals surface area (Å²) in [6, 6.07) is 5.61. The molecule has 0 unspecified atom stereocenters. The van der Waals surface area contributed by atoms with Crippen LogP contribution in [0.5, 0.6) is 0 Å². The molecule has 0 aromatic heterocycles. The van der Waals surface area contributed by atoms with Crippen LogP contribution in [0.15, 0.2) is 18.2 Å². The highest BCUT2D eigenvalue weighted by molar-refractivity contribution is 6.33. The third kappa shape index (κ3) is 9.38. The third-order valence-corrected chi connectivity index (χ3v) is 3.83. The first kappa shape index (κ1) is 24.7. The Morgan fingerprint density at radius 1 is 1.17 bits per heavy atom. The van der Waals surface area contributed by atoms with E-state index in [0.29, 0.717) is 17.3 Å². The molecule has 134 valence electrons. The average Bonchev–Trinajstić information content (AvgIpc) is 2.44. The van der Waals surface area contributed by atoms with Crippen LogP contribution in [-0.4, -0.2) is 55.5 Å². The molecule has 7 heteroatoms. The van der Waals surface area contributed by atoms with Gasteiger partial charge in [-0.2, -0.15) is 0 Å². The average molecular weight is 385 g/mol. The Kier molecular flexibility index (Phi) is 13.8. The number of likely N-dealkylation sites (N-methyl/N-ethyl adjacent to an activating group) is 2. The molecule has 23 heavy (non-hydrogen) atoms. The second-order valence-corrected chi connectivity index (χ2v) is 5.70. The summed E-state index contributed by atoms with van der Waals surface area (Å²) in [6.07, 6.45) is 0. The van der Waals surface area contributed by atoms with Crippen molar-refractivity contribution in [3.63, 3.8) is 0 Å². The lowest BCUT2D eigenvalue weighted by molar-refractivity contribution is -0.117. The van der Waals surface area contributed by atoms with E-state index in [1.54, 1.807) is 6.07 Å². The minimum Gasteiger partial charge on any atom is -0.324 e. The van der Waals surface area contributed by atoms with E-state index >= 15 is 0 Å². The first-order valence-corrected chi connectivity index (χ1v) is 7.81. The number of aryl methyl sites for hydroxylation is 1. The molecule has 1 amide bonds. The summed E-state index contributed by atoms with van der Waals surface area (Å²) in [5.41, 5.74) is 1.75. The van der Waals surface area contributed by atoms with E-state index in [1.165, 1.54) is 0 Å². The molecule has 1 N–H and O–H groups in total. The van der Waals surface area contributed by atoms with Crippen molar-refractivity contribution in [3.05, 3.63) is 28.8 Å². The maximum absolute atomic E-state index is 12.0. The number of nitrogens with zero attached hydrogens (tertiary/aromatic N) is 2. The first-order valence-electron chi connectivity index (χ1n) is 7.43. The monoisotopic (exact) mass is 383 g/mol. The van der Waals surface area contributed by atoms with E-state index in [9.17, 15) is 4.79 Å². The van der Waals surface area contributed by atoms with Crippen molar-refractivity contribution in [2.24, 2.45) is 0 Å². The minimum atomic E-state index is -0.0375. The lowest BCUT2D eigenvalue weighted by Gasteiger charge is -2.22. The van der Waals surface area contributed by atoms with Gasteiger partial charge < -0.3 is 10.2 Å². The predicted octanol–water partition coefficient (Wildman–Crippen LogP) is 3.70. The number of amides is 1. The maximum atomic E-state index is 12.0. The van der Waals surface area contributed by atoms with E-state index in [4.69, 9.17) is 11.6 Å². The van der Waals surface area contributed by atoms with Crippen molar-refractivity contribution in [1.82, 2.24) is 9.80 Å². The SMILES string of the molecule is CCN(CC)CCN(C)CC(=O)Nc1cc(C)ccc1Cl.Cl.Cl. The van der Waals surface area contributed by atoms with Crippen LogP contribution in [-0.2, 0) is 4.79 Å². The molecule has 0 fully saturated rings. The van der Waals surface area contributed by atoms with Crippen LogP contribution in [0.2, 0.25) is 5.02 Å². The summed E-state index contributed by atoms with van der Waals surface area (Å²) >= 11 is 6.08. The molecule has 0 heterocycles. The summed E-state index contributed by atoms with van der Waals surface area (Å²) in [4.78, 5) is 16.4. The van der Waals surface area contributed by atoms with Gasteiger partial charge in [0.2, 0.25) is 5.91 Å². The molecule has 0 saturated carbocycles. The van der Waals surface area contributed by atoms with Gasteiger partial charge in [0.25, 0.3) is 0 Å². The largest absolute Gasteiger partial charge is 0.324 e. The van der Waals surface area contributed by atoms with Gasteiger partial charge in [-0.15, -0.1) is 24.8 Å². The quantitative estimate of drug-likeness (QED) is 0.742. The van der Waals surface area contributed by atoms with Gasteiger partial charge in [0.1, 0.15) is 0 Å². The fraction of sp³-hybridized carbons (Fsp3) is 0.562. The number of carbonyl (C=O) groups excluding carboxylic acids is 1. The van der Waals surface area contributed by atoms with Gasteiger partial charge in [-0.1, -0.05) is 31.5 Å². The number of hydrogen-bond donors (Lipinski definition) is 1. The molecule has 1 aromatic carbocycles. The molecule has 0 aliphatic rings. The molecular weight excluding hydrogens is 357 g/mol.